The average Bonchev–Trinajstić information content (AvgIpc) is 2.69. The maximum atomic E-state index is 12.8. The molecule has 2 atom stereocenters. The van der Waals surface area contributed by atoms with Crippen molar-refractivity contribution in [2.75, 3.05) is 26.7 Å². The molecule has 16 heteroatoms. The van der Waals surface area contributed by atoms with Crippen molar-refractivity contribution in [2.45, 2.75) is 37.8 Å². The first kappa shape index (κ1) is 26.9. The molecule has 0 aromatic heterocycles. The van der Waals surface area contributed by atoms with Crippen LogP contribution in [0.1, 0.15) is 25.7 Å². The molecule has 33 heavy (non-hydrogen) atoms. The van der Waals surface area contributed by atoms with Crippen molar-refractivity contribution in [1.29, 1.82) is 0 Å². The molecule has 1 aliphatic rings. The average molecular weight is 469 g/mol. The molecule has 13 N–H and O–H groups in total. The lowest BCUT2D eigenvalue weighted by molar-refractivity contribution is -0.139. The van der Waals surface area contributed by atoms with Gasteiger partial charge in [0.05, 0.1) is 13.1 Å². The first-order valence-corrected chi connectivity index (χ1v) is 10.1. The highest BCUT2D eigenvalue weighted by Crippen LogP contribution is 2.10. The van der Waals surface area contributed by atoms with Gasteiger partial charge in [0.25, 0.3) is 5.91 Å². The molecule has 0 bridgehead atoms. The van der Waals surface area contributed by atoms with Gasteiger partial charge in [0.1, 0.15) is 6.04 Å². The SMILES string of the molecule is CN(C(=O)CC(CCCN=C(N)N)NC(=O)CCN=C(N)N)C1CN=C(NC(N)=O)NC1=O. The van der Waals surface area contributed by atoms with Gasteiger partial charge >= 0.3 is 6.03 Å². The van der Waals surface area contributed by atoms with Crippen LogP contribution < -0.4 is 44.6 Å². The van der Waals surface area contributed by atoms with E-state index in [0.717, 1.165) is 0 Å². The van der Waals surface area contributed by atoms with Crippen molar-refractivity contribution < 1.29 is 19.2 Å². The first-order chi connectivity index (χ1) is 15.5. The van der Waals surface area contributed by atoms with Crippen molar-refractivity contribution in [3.8, 4) is 0 Å². The number of primary amides is 1. The minimum absolute atomic E-state index is 0.0295. The van der Waals surface area contributed by atoms with Crippen LogP contribution in [-0.4, -0.2) is 85.3 Å². The van der Waals surface area contributed by atoms with Crippen LogP contribution >= 0.6 is 0 Å². The normalized spacial score (nSPS) is 15.8. The number of carbonyl (C=O) groups excluding carboxylic acids is 4. The molecule has 0 radical (unpaired) electrons. The van der Waals surface area contributed by atoms with Gasteiger partial charge in [-0.15, -0.1) is 0 Å². The quantitative estimate of drug-likeness (QED) is 0.0829. The summed E-state index contributed by atoms with van der Waals surface area (Å²) in [5.74, 6) is -1.54. The third-order valence-electron chi connectivity index (χ3n) is 4.49. The number of hydrogen-bond donors (Lipinski definition) is 8. The lowest BCUT2D eigenvalue weighted by atomic mass is 10.1. The van der Waals surface area contributed by atoms with E-state index in [1.807, 2.05) is 0 Å². The Bertz CT molecular complexity index is 817. The van der Waals surface area contributed by atoms with Gasteiger partial charge in [-0.1, -0.05) is 0 Å². The molecule has 1 aliphatic heterocycles. The Labute approximate surface area is 190 Å². The standard InChI is InChI=1S/C17H32N12O4/c1-29(10-8-25-17(27-13(10)32)28-16(22)33)12(31)7-9(3-2-5-23-14(18)19)26-11(30)4-6-24-15(20)21/h9-10H,2-8H2,1H3,(H,26,30)(H4,18,19,23)(H4,20,21,24)(H4,22,25,27,28,32,33). The minimum atomic E-state index is -0.893. The highest BCUT2D eigenvalue weighted by molar-refractivity contribution is 6.07. The highest BCUT2D eigenvalue weighted by Gasteiger charge is 2.32. The molecule has 184 valence electrons. The number of nitrogens with one attached hydrogen (secondary N) is 3. The molecule has 0 saturated heterocycles. The number of nitrogens with two attached hydrogens (primary N) is 5. The number of nitrogens with zero attached hydrogens (tertiary/aromatic N) is 4. The summed E-state index contributed by atoms with van der Waals surface area (Å²) in [6.45, 7) is 0.358. The summed E-state index contributed by atoms with van der Waals surface area (Å²) in [6.07, 6.45) is 0.865. The van der Waals surface area contributed by atoms with Gasteiger partial charge in [0.2, 0.25) is 17.8 Å². The van der Waals surface area contributed by atoms with Gasteiger partial charge in [-0.3, -0.25) is 35.0 Å². The van der Waals surface area contributed by atoms with Gasteiger partial charge in [-0.25, -0.2) is 9.79 Å². The van der Waals surface area contributed by atoms with Crippen molar-refractivity contribution in [1.82, 2.24) is 20.9 Å². The van der Waals surface area contributed by atoms with E-state index >= 15 is 0 Å². The van der Waals surface area contributed by atoms with Crippen molar-refractivity contribution in [3.05, 3.63) is 0 Å². The van der Waals surface area contributed by atoms with Gasteiger partial charge in [0, 0.05) is 32.5 Å². The predicted octanol–water partition coefficient (Wildman–Crippen LogP) is -4.44. The van der Waals surface area contributed by atoms with Crippen molar-refractivity contribution in [3.63, 3.8) is 0 Å². The van der Waals surface area contributed by atoms with E-state index in [2.05, 4.69) is 30.9 Å². The lowest BCUT2D eigenvalue weighted by Gasteiger charge is -2.30. The van der Waals surface area contributed by atoms with Gasteiger partial charge in [-0.05, 0) is 12.8 Å². The second kappa shape index (κ2) is 13.3. The van der Waals surface area contributed by atoms with E-state index in [1.54, 1.807) is 0 Å². The number of rotatable bonds is 11. The molecule has 5 amide bonds. The van der Waals surface area contributed by atoms with E-state index in [1.165, 1.54) is 11.9 Å². The number of carbonyl (C=O) groups is 4. The highest BCUT2D eigenvalue weighted by atomic mass is 16.2. The van der Waals surface area contributed by atoms with Crippen LogP contribution in [0.15, 0.2) is 15.0 Å². The number of amides is 5. The number of aliphatic imine (C=N–C) groups is 3. The number of urea groups is 1. The molecule has 0 aliphatic carbocycles. The number of guanidine groups is 3. The molecule has 0 aromatic rings. The van der Waals surface area contributed by atoms with Gasteiger partial charge in [-0.2, -0.15) is 0 Å². The fraction of sp³-hybridized carbons (Fsp3) is 0.588. The molecular weight excluding hydrogens is 436 g/mol. The maximum Gasteiger partial charge on any atom is 0.318 e. The van der Waals surface area contributed by atoms with Crippen LogP contribution in [-0.2, 0) is 14.4 Å². The molecule has 1 heterocycles. The van der Waals surface area contributed by atoms with Crippen molar-refractivity contribution >= 4 is 41.6 Å². The fourth-order valence-electron chi connectivity index (χ4n) is 2.87. The largest absolute Gasteiger partial charge is 0.370 e. The summed E-state index contributed by atoms with van der Waals surface area (Å²) in [6, 6.07) is -2.31. The topological polar surface area (TPSA) is 275 Å². The summed E-state index contributed by atoms with van der Waals surface area (Å²) in [5.41, 5.74) is 26.1. The monoisotopic (exact) mass is 468 g/mol. The molecular formula is C17H32N12O4. The maximum absolute atomic E-state index is 12.8. The smallest absolute Gasteiger partial charge is 0.318 e. The third-order valence-corrected chi connectivity index (χ3v) is 4.49. The second-order valence-corrected chi connectivity index (χ2v) is 7.16. The van der Waals surface area contributed by atoms with Gasteiger partial charge < -0.3 is 38.9 Å². The summed E-state index contributed by atoms with van der Waals surface area (Å²) in [4.78, 5) is 61.1. The van der Waals surface area contributed by atoms with Crippen molar-refractivity contribution in [2.24, 2.45) is 43.6 Å². The zero-order valence-corrected chi connectivity index (χ0v) is 18.4. The van der Waals surface area contributed by atoms with Crippen LogP contribution in [0.5, 0.6) is 0 Å². The zero-order chi connectivity index (χ0) is 25.0. The molecule has 0 fully saturated rings. The minimum Gasteiger partial charge on any atom is -0.370 e. The van der Waals surface area contributed by atoms with E-state index in [4.69, 9.17) is 28.7 Å². The van der Waals surface area contributed by atoms with Crippen LogP contribution in [0.4, 0.5) is 4.79 Å². The lowest BCUT2D eigenvalue weighted by Crippen LogP contribution is -2.58. The van der Waals surface area contributed by atoms with Gasteiger partial charge in [0.15, 0.2) is 11.9 Å². The molecule has 0 spiro atoms. The summed E-state index contributed by atoms with van der Waals surface area (Å²) >= 11 is 0. The zero-order valence-electron chi connectivity index (χ0n) is 18.4. The molecule has 1 rings (SSSR count). The van der Waals surface area contributed by atoms with E-state index < -0.39 is 29.9 Å². The van der Waals surface area contributed by atoms with Crippen LogP contribution in [0.2, 0.25) is 0 Å². The first-order valence-electron chi connectivity index (χ1n) is 10.1. The van der Waals surface area contributed by atoms with E-state index in [9.17, 15) is 19.2 Å². The van der Waals surface area contributed by atoms with Crippen LogP contribution in [0.25, 0.3) is 0 Å². The third kappa shape index (κ3) is 10.7. The van der Waals surface area contributed by atoms with Crippen LogP contribution in [0.3, 0.4) is 0 Å². The Balaban J connectivity index is 2.75. The second-order valence-electron chi connectivity index (χ2n) is 7.16. The Morgan fingerprint density at radius 3 is 2.36 bits per heavy atom. The predicted molar refractivity (Wildman–Crippen MR) is 121 cm³/mol. The van der Waals surface area contributed by atoms with Crippen LogP contribution in [0, 0.1) is 0 Å². The molecule has 0 saturated carbocycles. The Morgan fingerprint density at radius 2 is 1.79 bits per heavy atom. The van der Waals surface area contributed by atoms with E-state index in [-0.39, 0.29) is 49.7 Å². The molecule has 16 nitrogen and oxygen atoms in total. The Kier molecular flexibility index (Phi) is 10.9. The Morgan fingerprint density at radius 1 is 1.15 bits per heavy atom. The number of hydrogen-bond acceptors (Lipinski definition) is 7. The summed E-state index contributed by atoms with van der Waals surface area (Å²) < 4.78 is 0. The summed E-state index contributed by atoms with van der Waals surface area (Å²) in [5, 5.41) is 7.31. The molecule has 0 aromatic carbocycles. The Hall–Kier alpha value is -4.11. The summed E-state index contributed by atoms with van der Waals surface area (Å²) in [7, 11) is 1.45. The fourth-order valence-corrected chi connectivity index (χ4v) is 2.87. The van der Waals surface area contributed by atoms with E-state index in [0.29, 0.717) is 19.4 Å². The molecule has 2 unspecified atom stereocenters. The number of likely N-dealkylation sites (N-methyl/N-ethyl adjacent to an activating group) is 1.